The van der Waals surface area contributed by atoms with Crippen LogP contribution in [0.25, 0.3) is 0 Å². The smallest absolute Gasteiger partial charge is 0.220 e. The molecule has 0 aromatic heterocycles. The summed E-state index contributed by atoms with van der Waals surface area (Å²) in [5, 5.41) is 6.93. The molecule has 0 atom stereocenters. The first-order valence-electron chi connectivity index (χ1n) is 9.95. The van der Waals surface area contributed by atoms with Crippen molar-refractivity contribution >= 4 is 11.9 Å². The van der Waals surface area contributed by atoms with Gasteiger partial charge in [0.05, 0.1) is 6.54 Å². The van der Waals surface area contributed by atoms with Gasteiger partial charge in [0.15, 0.2) is 5.96 Å². The summed E-state index contributed by atoms with van der Waals surface area (Å²) in [5.74, 6) is 1.40. The number of primary amides is 1. The Labute approximate surface area is 157 Å². The second kappa shape index (κ2) is 10.8. The lowest BCUT2D eigenvalue weighted by Gasteiger charge is -2.27. The standard InChI is InChI=1S/C21H34N4O/c1-3-4-13-23-21(24-14-17-7-5-16(2)6-8-17)25-15-18-9-11-19(12-10-18)20(22)26/h5-8,18-19H,3-4,9-15H2,1-2H3,(H2,22,26)(H2,23,24,25). The zero-order valence-corrected chi connectivity index (χ0v) is 16.3. The van der Waals surface area contributed by atoms with Crippen LogP contribution in [0.15, 0.2) is 29.3 Å². The third-order valence-electron chi connectivity index (χ3n) is 5.17. The van der Waals surface area contributed by atoms with E-state index in [1.807, 2.05) is 0 Å². The summed E-state index contributed by atoms with van der Waals surface area (Å²) in [5.41, 5.74) is 7.91. The number of benzene rings is 1. The predicted molar refractivity (Wildman–Crippen MR) is 108 cm³/mol. The molecule has 0 heterocycles. The van der Waals surface area contributed by atoms with E-state index in [1.54, 1.807) is 0 Å². The lowest BCUT2D eigenvalue weighted by Crippen LogP contribution is -2.41. The highest BCUT2D eigenvalue weighted by atomic mass is 16.1. The molecule has 1 amide bonds. The number of carbonyl (C=O) groups excluding carboxylic acids is 1. The van der Waals surface area contributed by atoms with E-state index in [9.17, 15) is 4.79 Å². The second-order valence-electron chi connectivity index (χ2n) is 7.43. The van der Waals surface area contributed by atoms with Crippen LogP contribution < -0.4 is 16.4 Å². The topological polar surface area (TPSA) is 79.5 Å². The van der Waals surface area contributed by atoms with Crippen LogP contribution in [0.4, 0.5) is 0 Å². The van der Waals surface area contributed by atoms with E-state index in [0.29, 0.717) is 12.5 Å². The summed E-state index contributed by atoms with van der Waals surface area (Å²) in [6.45, 7) is 6.80. The molecule has 0 unspecified atom stereocenters. The Kier molecular flexibility index (Phi) is 8.45. The van der Waals surface area contributed by atoms with Gasteiger partial charge in [0.25, 0.3) is 0 Å². The lowest BCUT2D eigenvalue weighted by molar-refractivity contribution is -0.122. The normalized spacial score (nSPS) is 20.6. The third-order valence-corrected chi connectivity index (χ3v) is 5.17. The number of hydrogen-bond acceptors (Lipinski definition) is 2. The Morgan fingerprint density at radius 2 is 1.85 bits per heavy atom. The summed E-state index contributed by atoms with van der Waals surface area (Å²) in [4.78, 5) is 16.0. The Hall–Kier alpha value is -2.04. The Bertz CT molecular complexity index is 574. The molecule has 0 saturated heterocycles. The van der Waals surface area contributed by atoms with Gasteiger partial charge in [-0.25, -0.2) is 4.99 Å². The molecule has 4 N–H and O–H groups in total. The van der Waals surface area contributed by atoms with Gasteiger partial charge in [-0.15, -0.1) is 0 Å². The number of guanidine groups is 1. The maximum absolute atomic E-state index is 11.3. The molecule has 0 bridgehead atoms. The molecule has 0 radical (unpaired) electrons. The summed E-state index contributed by atoms with van der Waals surface area (Å²) in [6, 6.07) is 8.51. The maximum atomic E-state index is 11.3. The Balaban J connectivity index is 1.84. The first-order valence-corrected chi connectivity index (χ1v) is 9.95. The Morgan fingerprint density at radius 3 is 2.46 bits per heavy atom. The van der Waals surface area contributed by atoms with Crippen LogP contribution in [0.2, 0.25) is 0 Å². The van der Waals surface area contributed by atoms with E-state index in [0.717, 1.165) is 57.6 Å². The molecule has 144 valence electrons. The summed E-state index contributed by atoms with van der Waals surface area (Å²) >= 11 is 0. The molecule has 0 aliphatic heterocycles. The number of nitrogens with two attached hydrogens (primary N) is 1. The molecule has 1 aliphatic carbocycles. The average Bonchev–Trinajstić information content (AvgIpc) is 2.65. The maximum Gasteiger partial charge on any atom is 0.220 e. The molecular formula is C21H34N4O. The number of hydrogen-bond donors (Lipinski definition) is 3. The molecule has 1 aliphatic rings. The predicted octanol–water partition coefficient (Wildman–Crippen LogP) is 3.12. The van der Waals surface area contributed by atoms with Gasteiger partial charge in [-0.2, -0.15) is 0 Å². The fourth-order valence-electron chi connectivity index (χ4n) is 3.31. The first kappa shape index (κ1) is 20.3. The number of carbonyl (C=O) groups is 1. The van der Waals surface area contributed by atoms with E-state index in [2.05, 4.69) is 48.7 Å². The highest BCUT2D eigenvalue weighted by Crippen LogP contribution is 2.27. The number of rotatable bonds is 8. The van der Waals surface area contributed by atoms with Crippen molar-refractivity contribution < 1.29 is 4.79 Å². The van der Waals surface area contributed by atoms with Crippen LogP contribution in [-0.2, 0) is 11.3 Å². The highest BCUT2D eigenvalue weighted by Gasteiger charge is 2.24. The van der Waals surface area contributed by atoms with Crippen molar-refractivity contribution in [2.75, 3.05) is 13.1 Å². The van der Waals surface area contributed by atoms with Gasteiger partial charge >= 0.3 is 0 Å². The minimum atomic E-state index is -0.141. The lowest BCUT2D eigenvalue weighted by atomic mass is 9.82. The molecule has 1 aromatic carbocycles. The van der Waals surface area contributed by atoms with E-state index >= 15 is 0 Å². The zero-order valence-electron chi connectivity index (χ0n) is 16.3. The molecule has 1 fully saturated rings. The SMILES string of the molecule is CCCCNC(=NCc1ccc(C)cc1)NCC1CCC(C(N)=O)CC1. The first-order chi connectivity index (χ1) is 12.6. The van der Waals surface area contributed by atoms with E-state index in [4.69, 9.17) is 10.7 Å². The van der Waals surface area contributed by atoms with Gasteiger partial charge in [-0.1, -0.05) is 43.2 Å². The van der Waals surface area contributed by atoms with Crippen LogP contribution >= 0.6 is 0 Å². The van der Waals surface area contributed by atoms with Gasteiger partial charge in [0.1, 0.15) is 0 Å². The van der Waals surface area contributed by atoms with Crippen LogP contribution in [0, 0.1) is 18.8 Å². The zero-order chi connectivity index (χ0) is 18.8. The number of unbranched alkanes of at least 4 members (excludes halogenated alkanes) is 1. The molecular weight excluding hydrogens is 324 g/mol. The molecule has 1 aromatic rings. The van der Waals surface area contributed by atoms with Crippen LogP contribution in [0.3, 0.4) is 0 Å². The van der Waals surface area contributed by atoms with Crippen LogP contribution in [-0.4, -0.2) is 25.0 Å². The number of nitrogens with zero attached hydrogens (tertiary/aromatic N) is 1. The summed E-state index contributed by atoms with van der Waals surface area (Å²) < 4.78 is 0. The fraction of sp³-hybridized carbons (Fsp3) is 0.619. The summed E-state index contributed by atoms with van der Waals surface area (Å²) in [6.07, 6.45) is 6.24. The van der Waals surface area contributed by atoms with Crippen LogP contribution in [0.5, 0.6) is 0 Å². The van der Waals surface area contributed by atoms with Gasteiger partial charge in [-0.3, -0.25) is 4.79 Å². The second-order valence-corrected chi connectivity index (χ2v) is 7.43. The van der Waals surface area contributed by atoms with Crippen molar-refractivity contribution in [2.45, 2.75) is 58.9 Å². The van der Waals surface area contributed by atoms with Crippen molar-refractivity contribution in [3.63, 3.8) is 0 Å². The minimum absolute atomic E-state index is 0.0728. The molecule has 0 spiro atoms. The van der Waals surface area contributed by atoms with Crippen molar-refractivity contribution in [1.82, 2.24) is 10.6 Å². The quantitative estimate of drug-likeness (QED) is 0.379. The fourth-order valence-corrected chi connectivity index (χ4v) is 3.31. The van der Waals surface area contributed by atoms with Crippen molar-refractivity contribution in [3.05, 3.63) is 35.4 Å². The third kappa shape index (κ3) is 7.06. The van der Waals surface area contributed by atoms with E-state index in [-0.39, 0.29) is 11.8 Å². The molecule has 2 rings (SSSR count). The number of aryl methyl sites for hydroxylation is 1. The van der Waals surface area contributed by atoms with Gasteiger partial charge in [-0.05, 0) is 50.5 Å². The molecule has 26 heavy (non-hydrogen) atoms. The molecule has 5 nitrogen and oxygen atoms in total. The van der Waals surface area contributed by atoms with Crippen LogP contribution in [0.1, 0.15) is 56.6 Å². The number of aliphatic imine (C=N–C) groups is 1. The molecule has 1 saturated carbocycles. The van der Waals surface area contributed by atoms with Crippen molar-refractivity contribution in [3.8, 4) is 0 Å². The van der Waals surface area contributed by atoms with Crippen molar-refractivity contribution in [1.29, 1.82) is 0 Å². The Morgan fingerprint density at radius 1 is 1.15 bits per heavy atom. The highest BCUT2D eigenvalue weighted by molar-refractivity contribution is 5.79. The number of nitrogens with one attached hydrogen (secondary N) is 2. The van der Waals surface area contributed by atoms with Gasteiger partial charge < -0.3 is 16.4 Å². The van der Waals surface area contributed by atoms with E-state index in [1.165, 1.54) is 11.1 Å². The van der Waals surface area contributed by atoms with Gasteiger partial charge in [0.2, 0.25) is 5.91 Å². The monoisotopic (exact) mass is 358 g/mol. The van der Waals surface area contributed by atoms with Crippen molar-refractivity contribution in [2.24, 2.45) is 22.6 Å². The van der Waals surface area contributed by atoms with E-state index < -0.39 is 0 Å². The minimum Gasteiger partial charge on any atom is -0.369 e. The number of amides is 1. The largest absolute Gasteiger partial charge is 0.369 e. The molecule has 5 heteroatoms. The van der Waals surface area contributed by atoms with Gasteiger partial charge in [0, 0.05) is 19.0 Å². The summed E-state index contributed by atoms with van der Waals surface area (Å²) in [7, 11) is 0. The average molecular weight is 359 g/mol.